The van der Waals surface area contributed by atoms with Crippen LogP contribution < -0.4 is 4.90 Å². The van der Waals surface area contributed by atoms with Crippen molar-refractivity contribution in [2.75, 3.05) is 24.7 Å². The van der Waals surface area contributed by atoms with Crippen molar-refractivity contribution in [1.29, 1.82) is 5.26 Å². The van der Waals surface area contributed by atoms with Gasteiger partial charge < -0.3 is 14.7 Å². The van der Waals surface area contributed by atoms with E-state index in [0.29, 0.717) is 24.8 Å². The van der Waals surface area contributed by atoms with Crippen LogP contribution in [0, 0.1) is 17.2 Å². The average Bonchev–Trinajstić information content (AvgIpc) is 2.97. The lowest BCUT2D eigenvalue weighted by atomic mass is 9.89. The second kappa shape index (κ2) is 5.82. The molecule has 0 aliphatic carbocycles. The minimum absolute atomic E-state index is 0.196. The van der Waals surface area contributed by atoms with Crippen molar-refractivity contribution in [3.05, 3.63) is 29.8 Å². The topological polar surface area (TPSA) is 56.5 Å². The van der Waals surface area contributed by atoms with Crippen LogP contribution in [-0.2, 0) is 4.74 Å². The lowest BCUT2D eigenvalue weighted by Gasteiger charge is -2.38. The van der Waals surface area contributed by atoms with E-state index in [2.05, 4.69) is 11.0 Å². The van der Waals surface area contributed by atoms with Crippen molar-refractivity contribution in [1.82, 2.24) is 0 Å². The Balaban J connectivity index is 1.79. The summed E-state index contributed by atoms with van der Waals surface area (Å²) in [4.78, 5) is 2.36. The summed E-state index contributed by atoms with van der Waals surface area (Å²) in [6.07, 6.45) is 2.73. The van der Waals surface area contributed by atoms with Gasteiger partial charge in [0.25, 0.3) is 0 Å². The largest absolute Gasteiger partial charge is 0.393 e. The van der Waals surface area contributed by atoms with E-state index in [1.54, 1.807) is 0 Å². The number of ether oxygens (including phenoxy) is 1. The van der Waals surface area contributed by atoms with Gasteiger partial charge in [0.05, 0.1) is 24.3 Å². The molecule has 3 atom stereocenters. The summed E-state index contributed by atoms with van der Waals surface area (Å²) in [5, 5.41) is 19.1. The maximum absolute atomic E-state index is 10.2. The number of hydrogen-bond donors (Lipinski definition) is 1. The Morgan fingerprint density at radius 2 is 2.05 bits per heavy atom. The molecule has 0 saturated carbocycles. The Morgan fingerprint density at radius 3 is 2.75 bits per heavy atom. The molecule has 1 aromatic rings. The first-order valence-corrected chi connectivity index (χ1v) is 7.32. The van der Waals surface area contributed by atoms with Gasteiger partial charge in [0.2, 0.25) is 0 Å². The van der Waals surface area contributed by atoms with Crippen LogP contribution in [-0.4, -0.2) is 37.0 Å². The third-order valence-corrected chi connectivity index (χ3v) is 4.48. The average molecular weight is 272 g/mol. The molecule has 2 aliphatic rings. The third kappa shape index (κ3) is 2.52. The zero-order chi connectivity index (χ0) is 13.9. The monoisotopic (exact) mass is 272 g/mol. The van der Waals surface area contributed by atoms with E-state index in [0.717, 1.165) is 31.5 Å². The second-order valence-electron chi connectivity index (χ2n) is 5.66. The third-order valence-electron chi connectivity index (χ3n) is 4.48. The van der Waals surface area contributed by atoms with Gasteiger partial charge in [0.15, 0.2) is 0 Å². The number of aliphatic hydroxyl groups is 1. The van der Waals surface area contributed by atoms with Gasteiger partial charge in [0, 0.05) is 30.8 Å². The van der Waals surface area contributed by atoms with Crippen molar-refractivity contribution < 1.29 is 9.84 Å². The lowest BCUT2D eigenvalue weighted by molar-refractivity contribution is -0.0437. The van der Waals surface area contributed by atoms with Crippen LogP contribution in [0.4, 0.5) is 5.69 Å². The Labute approximate surface area is 119 Å². The second-order valence-corrected chi connectivity index (χ2v) is 5.66. The van der Waals surface area contributed by atoms with Gasteiger partial charge in [-0.2, -0.15) is 5.26 Å². The maximum atomic E-state index is 10.2. The summed E-state index contributed by atoms with van der Waals surface area (Å²) in [6, 6.07) is 10.2. The highest BCUT2D eigenvalue weighted by Crippen LogP contribution is 2.33. The fourth-order valence-corrected chi connectivity index (χ4v) is 3.40. The van der Waals surface area contributed by atoms with E-state index in [9.17, 15) is 5.11 Å². The first-order valence-electron chi connectivity index (χ1n) is 7.32. The Morgan fingerprint density at radius 1 is 1.25 bits per heavy atom. The number of benzene rings is 1. The van der Waals surface area contributed by atoms with Gasteiger partial charge in [0.1, 0.15) is 0 Å². The van der Waals surface area contributed by atoms with E-state index >= 15 is 0 Å². The maximum Gasteiger partial charge on any atom is 0.0991 e. The first-order chi connectivity index (χ1) is 9.79. The highest BCUT2D eigenvalue weighted by molar-refractivity contribution is 5.51. The SMILES string of the molecule is N#Cc1ccc(N2CCC[C@@H]2[C@H]2COCC[C@@H]2O)cc1. The van der Waals surface area contributed by atoms with Crippen molar-refractivity contribution >= 4 is 5.69 Å². The molecular weight excluding hydrogens is 252 g/mol. The molecule has 0 bridgehead atoms. The van der Waals surface area contributed by atoms with Crippen molar-refractivity contribution in [2.45, 2.75) is 31.4 Å². The van der Waals surface area contributed by atoms with Crippen molar-refractivity contribution in [2.24, 2.45) is 5.92 Å². The van der Waals surface area contributed by atoms with Crippen LogP contribution in [0.3, 0.4) is 0 Å². The molecule has 4 heteroatoms. The molecule has 1 aromatic carbocycles. The molecule has 2 aliphatic heterocycles. The van der Waals surface area contributed by atoms with Crippen LogP contribution in [0.1, 0.15) is 24.8 Å². The molecule has 1 N–H and O–H groups in total. The summed E-state index contributed by atoms with van der Waals surface area (Å²) >= 11 is 0. The van der Waals surface area contributed by atoms with Crippen LogP contribution in [0.15, 0.2) is 24.3 Å². The Kier molecular flexibility index (Phi) is 3.90. The number of nitrogens with zero attached hydrogens (tertiary/aromatic N) is 2. The van der Waals surface area contributed by atoms with Gasteiger partial charge in [-0.15, -0.1) is 0 Å². The molecule has 0 amide bonds. The summed E-state index contributed by atoms with van der Waals surface area (Å²) in [6.45, 7) is 2.33. The normalized spacial score (nSPS) is 30.2. The highest BCUT2D eigenvalue weighted by Gasteiger charge is 2.37. The van der Waals surface area contributed by atoms with E-state index in [1.165, 1.54) is 0 Å². The minimum atomic E-state index is -0.257. The molecule has 20 heavy (non-hydrogen) atoms. The summed E-state index contributed by atoms with van der Waals surface area (Å²) < 4.78 is 5.56. The van der Waals surface area contributed by atoms with E-state index in [-0.39, 0.29) is 12.0 Å². The van der Waals surface area contributed by atoms with E-state index < -0.39 is 0 Å². The number of hydrogen-bond acceptors (Lipinski definition) is 4. The molecule has 2 saturated heterocycles. The summed E-state index contributed by atoms with van der Waals surface area (Å²) in [5.41, 5.74) is 1.83. The highest BCUT2D eigenvalue weighted by atomic mass is 16.5. The number of rotatable bonds is 2. The molecule has 0 aromatic heterocycles. The Bertz CT molecular complexity index is 494. The quantitative estimate of drug-likeness (QED) is 0.893. The molecule has 0 unspecified atom stereocenters. The van der Waals surface area contributed by atoms with Gasteiger partial charge in [-0.05, 0) is 43.5 Å². The number of anilines is 1. The number of nitriles is 1. The predicted octanol–water partition coefficient (Wildman–Crippen LogP) is 1.92. The summed E-state index contributed by atoms with van der Waals surface area (Å²) in [7, 11) is 0. The predicted molar refractivity (Wildman–Crippen MR) is 76.5 cm³/mol. The Hall–Kier alpha value is -1.57. The van der Waals surface area contributed by atoms with Crippen molar-refractivity contribution in [3.63, 3.8) is 0 Å². The van der Waals surface area contributed by atoms with Crippen LogP contribution in [0.2, 0.25) is 0 Å². The number of aliphatic hydroxyl groups excluding tert-OH is 1. The smallest absolute Gasteiger partial charge is 0.0991 e. The van der Waals surface area contributed by atoms with Gasteiger partial charge in [-0.25, -0.2) is 0 Å². The van der Waals surface area contributed by atoms with Crippen LogP contribution >= 0.6 is 0 Å². The zero-order valence-corrected chi connectivity index (χ0v) is 11.5. The van der Waals surface area contributed by atoms with E-state index in [1.807, 2.05) is 24.3 Å². The molecule has 2 fully saturated rings. The fraction of sp³-hybridized carbons (Fsp3) is 0.562. The standard InChI is InChI=1S/C16H20N2O2/c17-10-12-3-5-13(6-4-12)18-8-1-2-15(18)14-11-20-9-7-16(14)19/h3-6,14-16,19H,1-2,7-9,11H2/t14-,15-,16+/m1/s1. The molecule has 0 spiro atoms. The molecule has 3 rings (SSSR count). The van der Waals surface area contributed by atoms with Crippen LogP contribution in [0.25, 0.3) is 0 Å². The molecule has 4 nitrogen and oxygen atoms in total. The first kappa shape index (κ1) is 13.4. The molecule has 106 valence electrons. The van der Waals surface area contributed by atoms with Gasteiger partial charge >= 0.3 is 0 Å². The molecule has 2 heterocycles. The molecule has 0 radical (unpaired) electrons. The zero-order valence-electron chi connectivity index (χ0n) is 11.5. The van der Waals surface area contributed by atoms with Gasteiger partial charge in [-0.1, -0.05) is 0 Å². The minimum Gasteiger partial charge on any atom is -0.393 e. The molecular formula is C16H20N2O2. The summed E-state index contributed by atoms with van der Waals surface area (Å²) in [5.74, 6) is 0.196. The van der Waals surface area contributed by atoms with E-state index in [4.69, 9.17) is 10.00 Å². The van der Waals surface area contributed by atoms with Crippen molar-refractivity contribution in [3.8, 4) is 6.07 Å². The fourth-order valence-electron chi connectivity index (χ4n) is 3.40. The van der Waals surface area contributed by atoms with Crippen LogP contribution in [0.5, 0.6) is 0 Å². The van der Waals surface area contributed by atoms with Gasteiger partial charge in [-0.3, -0.25) is 0 Å². The lowest BCUT2D eigenvalue weighted by Crippen LogP contribution is -2.46.